The molecular weight excluding hydrogens is 294 g/mol. The van der Waals surface area contributed by atoms with Crippen molar-refractivity contribution in [1.82, 2.24) is 10.1 Å². The Balaban J connectivity index is 1.84. The van der Waals surface area contributed by atoms with Crippen LogP contribution in [0.15, 0.2) is 22.7 Å². The van der Waals surface area contributed by atoms with Crippen LogP contribution in [0.3, 0.4) is 0 Å². The Morgan fingerprint density at radius 1 is 1.09 bits per heavy atom. The van der Waals surface area contributed by atoms with E-state index in [0.717, 1.165) is 18.7 Å². The molecule has 3 rings (SSSR count). The van der Waals surface area contributed by atoms with Gasteiger partial charge in [-0.15, -0.1) is 0 Å². The van der Waals surface area contributed by atoms with E-state index in [2.05, 4.69) is 28.9 Å². The number of hydrogen-bond acceptors (Lipinski definition) is 6. The van der Waals surface area contributed by atoms with Crippen LogP contribution in [0, 0.1) is 11.8 Å². The molecule has 6 nitrogen and oxygen atoms in total. The van der Waals surface area contributed by atoms with Crippen molar-refractivity contribution < 1.29 is 14.0 Å². The molecule has 124 valence electrons. The zero-order valence-electron chi connectivity index (χ0n) is 14.1. The van der Waals surface area contributed by atoms with Crippen LogP contribution in [0.1, 0.15) is 20.3 Å². The zero-order chi connectivity index (χ0) is 16.4. The van der Waals surface area contributed by atoms with Crippen molar-refractivity contribution in [3.05, 3.63) is 18.2 Å². The summed E-state index contributed by atoms with van der Waals surface area (Å²) in [6.45, 7) is 6.43. The fourth-order valence-corrected chi connectivity index (χ4v) is 3.26. The number of methoxy groups -OCH3 is 2. The van der Waals surface area contributed by atoms with Crippen molar-refractivity contribution in [2.45, 2.75) is 20.3 Å². The maximum Gasteiger partial charge on any atom is 0.324 e. The number of rotatable bonds is 4. The first kappa shape index (κ1) is 15.6. The molecule has 0 saturated carbocycles. The fraction of sp³-hybridized carbons (Fsp3) is 0.529. The van der Waals surface area contributed by atoms with Gasteiger partial charge in [0.25, 0.3) is 0 Å². The van der Waals surface area contributed by atoms with E-state index < -0.39 is 0 Å². The van der Waals surface area contributed by atoms with Gasteiger partial charge in [-0.2, -0.15) is 4.98 Å². The Bertz CT molecular complexity index is 661. The molecule has 0 amide bonds. The van der Waals surface area contributed by atoms with Gasteiger partial charge >= 0.3 is 6.01 Å². The molecule has 6 heteroatoms. The Labute approximate surface area is 136 Å². The van der Waals surface area contributed by atoms with Gasteiger partial charge in [-0.25, -0.2) is 0 Å². The van der Waals surface area contributed by atoms with E-state index in [4.69, 9.17) is 14.0 Å². The maximum absolute atomic E-state index is 5.48. The summed E-state index contributed by atoms with van der Waals surface area (Å²) in [6, 6.07) is 6.19. The van der Waals surface area contributed by atoms with Crippen LogP contribution in [0.2, 0.25) is 0 Å². The highest BCUT2D eigenvalue weighted by molar-refractivity contribution is 5.61. The van der Waals surface area contributed by atoms with Crippen molar-refractivity contribution in [3.8, 4) is 22.9 Å². The highest BCUT2D eigenvalue weighted by atomic mass is 16.5. The lowest BCUT2D eigenvalue weighted by Crippen LogP contribution is -2.38. The topological polar surface area (TPSA) is 60.6 Å². The lowest BCUT2D eigenvalue weighted by molar-refractivity contribution is 0.326. The summed E-state index contributed by atoms with van der Waals surface area (Å²) in [5.74, 6) is 3.16. The molecule has 1 aromatic heterocycles. The summed E-state index contributed by atoms with van der Waals surface area (Å²) in [5, 5.41) is 4.12. The highest BCUT2D eigenvalue weighted by Gasteiger charge is 2.25. The summed E-state index contributed by atoms with van der Waals surface area (Å²) in [6.07, 6.45) is 1.24. The minimum Gasteiger partial charge on any atom is -0.493 e. The second-order valence-corrected chi connectivity index (χ2v) is 6.32. The summed E-state index contributed by atoms with van der Waals surface area (Å²) in [7, 11) is 3.22. The first-order valence-electron chi connectivity index (χ1n) is 7.91. The lowest BCUT2D eigenvalue weighted by Gasteiger charge is -2.33. The molecule has 1 aromatic carbocycles. The zero-order valence-corrected chi connectivity index (χ0v) is 14.1. The van der Waals surface area contributed by atoms with Crippen molar-refractivity contribution in [2.24, 2.45) is 11.8 Å². The van der Waals surface area contributed by atoms with E-state index in [-0.39, 0.29) is 0 Å². The maximum atomic E-state index is 5.48. The van der Waals surface area contributed by atoms with Crippen LogP contribution in [0.25, 0.3) is 11.4 Å². The third-order valence-corrected chi connectivity index (χ3v) is 4.20. The molecule has 2 atom stereocenters. The van der Waals surface area contributed by atoms with Gasteiger partial charge in [-0.05, 0) is 36.5 Å². The van der Waals surface area contributed by atoms with Crippen LogP contribution in [0.4, 0.5) is 6.01 Å². The van der Waals surface area contributed by atoms with E-state index in [1.807, 2.05) is 18.2 Å². The van der Waals surface area contributed by atoms with Gasteiger partial charge in [0, 0.05) is 18.7 Å². The molecule has 2 heterocycles. The number of anilines is 1. The van der Waals surface area contributed by atoms with Gasteiger partial charge in [0.2, 0.25) is 5.82 Å². The highest BCUT2D eigenvalue weighted by Crippen LogP contribution is 2.32. The molecule has 0 spiro atoms. The van der Waals surface area contributed by atoms with Crippen molar-refractivity contribution in [3.63, 3.8) is 0 Å². The number of aromatic nitrogens is 2. The summed E-state index contributed by atoms with van der Waals surface area (Å²) >= 11 is 0. The smallest absolute Gasteiger partial charge is 0.324 e. The first-order valence-corrected chi connectivity index (χ1v) is 7.91. The number of ether oxygens (including phenoxy) is 2. The number of nitrogens with zero attached hydrogens (tertiary/aromatic N) is 3. The molecule has 1 fully saturated rings. The first-order chi connectivity index (χ1) is 11.1. The molecule has 2 unspecified atom stereocenters. The molecule has 1 aliphatic rings. The minimum absolute atomic E-state index is 0.562. The van der Waals surface area contributed by atoms with Gasteiger partial charge in [-0.3, -0.25) is 0 Å². The largest absolute Gasteiger partial charge is 0.493 e. The van der Waals surface area contributed by atoms with Crippen molar-refractivity contribution in [1.29, 1.82) is 0 Å². The van der Waals surface area contributed by atoms with Crippen LogP contribution in [-0.2, 0) is 0 Å². The third kappa shape index (κ3) is 3.25. The second kappa shape index (κ2) is 6.48. The Kier molecular flexibility index (Phi) is 4.41. The molecule has 2 aromatic rings. The third-order valence-electron chi connectivity index (χ3n) is 4.20. The molecule has 1 aliphatic heterocycles. The Hall–Kier alpha value is -2.24. The van der Waals surface area contributed by atoms with E-state index in [0.29, 0.717) is 35.2 Å². The molecule has 1 saturated heterocycles. The monoisotopic (exact) mass is 317 g/mol. The standard InChI is InChI=1S/C17H23N3O3/c1-11-7-12(2)10-20(9-11)17-18-16(19-23-17)13-5-6-14(21-3)15(8-13)22-4/h5-6,8,11-12H,7,9-10H2,1-4H3. The van der Waals surface area contributed by atoms with Gasteiger partial charge in [0.15, 0.2) is 11.5 Å². The van der Waals surface area contributed by atoms with Crippen LogP contribution < -0.4 is 14.4 Å². The predicted molar refractivity (Wildman–Crippen MR) is 88.0 cm³/mol. The van der Waals surface area contributed by atoms with Gasteiger partial charge in [0.1, 0.15) is 0 Å². The van der Waals surface area contributed by atoms with Crippen LogP contribution in [0.5, 0.6) is 11.5 Å². The normalized spacial score (nSPS) is 21.3. The quantitative estimate of drug-likeness (QED) is 0.863. The van der Waals surface area contributed by atoms with Crippen molar-refractivity contribution >= 4 is 6.01 Å². The molecular formula is C17H23N3O3. The van der Waals surface area contributed by atoms with Crippen LogP contribution >= 0.6 is 0 Å². The lowest BCUT2D eigenvalue weighted by atomic mass is 9.92. The van der Waals surface area contributed by atoms with E-state index in [1.54, 1.807) is 14.2 Å². The summed E-state index contributed by atoms with van der Waals surface area (Å²) in [4.78, 5) is 6.73. The number of piperidine rings is 1. The molecule has 0 N–H and O–H groups in total. The van der Waals surface area contributed by atoms with Gasteiger partial charge in [-0.1, -0.05) is 19.0 Å². The average molecular weight is 317 g/mol. The fourth-order valence-electron chi connectivity index (χ4n) is 3.26. The van der Waals surface area contributed by atoms with E-state index >= 15 is 0 Å². The van der Waals surface area contributed by atoms with Gasteiger partial charge < -0.3 is 18.9 Å². The SMILES string of the molecule is COc1ccc(-c2noc(N3CC(C)CC(C)C3)n2)cc1OC. The summed E-state index contributed by atoms with van der Waals surface area (Å²) in [5.41, 5.74) is 0.843. The summed E-state index contributed by atoms with van der Waals surface area (Å²) < 4.78 is 16.1. The molecule has 0 aliphatic carbocycles. The number of benzene rings is 1. The Morgan fingerprint density at radius 2 is 1.78 bits per heavy atom. The van der Waals surface area contributed by atoms with Gasteiger partial charge in [0.05, 0.1) is 14.2 Å². The number of hydrogen-bond donors (Lipinski definition) is 0. The predicted octanol–water partition coefficient (Wildman–Crippen LogP) is 3.24. The minimum atomic E-state index is 0.562. The van der Waals surface area contributed by atoms with Crippen molar-refractivity contribution in [2.75, 3.05) is 32.2 Å². The molecule has 0 radical (unpaired) electrons. The van der Waals surface area contributed by atoms with E-state index in [1.165, 1.54) is 6.42 Å². The second-order valence-electron chi connectivity index (χ2n) is 6.32. The molecule has 0 bridgehead atoms. The average Bonchev–Trinajstić information content (AvgIpc) is 3.03. The van der Waals surface area contributed by atoms with Crippen LogP contribution in [-0.4, -0.2) is 37.4 Å². The molecule has 23 heavy (non-hydrogen) atoms. The van der Waals surface area contributed by atoms with E-state index in [9.17, 15) is 0 Å². The Morgan fingerprint density at radius 3 is 2.43 bits per heavy atom.